The molecule has 2 aliphatic heterocycles. The van der Waals surface area contributed by atoms with Crippen LogP contribution in [0.5, 0.6) is 0 Å². The van der Waals surface area contributed by atoms with Gasteiger partial charge in [-0.3, -0.25) is 0 Å². The quantitative estimate of drug-likeness (QED) is 0.101. The van der Waals surface area contributed by atoms with E-state index < -0.39 is 0 Å². The van der Waals surface area contributed by atoms with Crippen LogP contribution in [-0.2, 0) is 5.41 Å². The first kappa shape index (κ1) is 54.2. The van der Waals surface area contributed by atoms with E-state index in [1.54, 1.807) is 0 Å². The summed E-state index contributed by atoms with van der Waals surface area (Å²) < 4.78 is 0. The zero-order valence-electron chi connectivity index (χ0n) is 49.7. The Labute approximate surface area is 522 Å². The first-order chi connectivity index (χ1) is 43.7. The van der Waals surface area contributed by atoms with E-state index in [0.29, 0.717) is 11.3 Å². The van der Waals surface area contributed by atoms with Crippen molar-refractivity contribution in [1.29, 1.82) is 5.26 Å². The highest BCUT2D eigenvalue weighted by atomic mass is 15.2. The van der Waals surface area contributed by atoms with Crippen molar-refractivity contribution in [2.75, 3.05) is 9.80 Å². The van der Waals surface area contributed by atoms with E-state index in [1.165, 1.54) is 22.0 Å². The zero-order chi connectivity index (χ0) is 60.2. The van der Waals surface area contributed by atoms with E-state index in [4.69, 9.17) is 6.57 Å². The van der Waals surface area contributed by atoms with E-state index in [0.717, 1.165) is 123 Å². The Kier molecular flexibility index (Phi) is 13.6. The van der Waals surface area contributed by atoms with Crippen LogP contribution in [0.15, 0.2) is 303 Å². The Balaban J connectivity index is 1.13. The molecule has 0 unspecified atom stereocenters. The van der Waals surface area contributed by atoms with Crippen molar-refractivity contribution in [3.05, 3.63) is 326 Å². The van der Waals surface area contributed by atoms with Crippen molar-refractivity contribution < 1.29 is 0 Å². The molecule has 0 bridgehead atoms. The highest BCUT2D eigenvalue weighted by Crippen LogP contribution is 2.55. The summed E-state index contributed by atoms with van der Waals surface area (Å²) >= 11 is 0. The maximum Gasteiger partial charge on any atom is 0.252 e. The molecule has 0 aliphatic carbocycles. The van der Waals surface area contributed by atoms with Gasteiger partial charge in [-0.2, -0.15) is 5.26 Å². The van der Waals surface area contributed by atoms with Gasteiger partial charge in [0.15, 0.2) is 5.69 Å². The van der Waals surface area contributed by atoms with E-state index in [9.17, 15) is 5.26 Å². The van der Waals surface area contributed by atoms with Gasteiger partial charge in [-0.05, 0) is 161 Å². The molecule has 0 spiro atoms. The molecule has 5 heteroatoms. The highest BCUT2D eigenvalue weighted by Gasteiger charge is 2.46. The normalized spacial score (nSPS) is 12.1. The number of benzene rings is 13. The van der Waals surface area contributed by atoms with Crippen LogP contribution in [0.3, 0.4) is 0 Å². The standard InChI is InChI=1S/C84H59BN4/c1-84(2,3)69-53-79-81-80(54-69)89(83-73(61-34-19-9-20-35-61)49-68(64-39-24-40-70(46-64)87-4)50-74(83)62-36-21-10-22-37-62)78-44-42-66(58-28-13-6-14-29-58)52-76(78)85(81)75-51-65(57-26-11-5-12-27-57)41-43-77(75)88(79)82-71(59-30-15-7-16-31-59)47-67(63-38-23-25-56(45-63)55-86)48-72(82)60-32-17-8-18-33-60/h5-54H,1-3H3. The molecule has 0 fully saturated rings. The Morgan fingerprint density at radius 2 is 0.685 bits per heavy atom. The SMILES string of the molecule is [C-]#[N+]c1cccc(-c2cc(-c3ccccc3)c(N3c4ccc(-c5ccccc5)cc4B4c5cc(-c6ccccc6)ccc5N(c5c(-c6ccccc6)cc(-c6cccc(C#N)c6)cc5-c5ccccc5)c5cc(C(C)(C)C)cc3c54)c(-c3ccccc3)c2)c1. The van der Waals surface area contributed by atoms with Gasteiger partial charge in [0.1, 0.15) is 0 Å². The summed E-state index contributed by atoms with van der Waals surface area (Å²) in [5.74, 6) is 0. The van der Waals surface area contributed by atoms with Crippen LogP contribution >= 0.6 is 0 Å². The van der Waals surface area contributed by atoms with Crippen molar-refractivity contribution in [1.82, 2.24) is 0 Å². The zero-order valence-corrected chi connectivity index (χ0v) is 49.7. The predicted molar refractivity (Wildman–Crippen MR) is 374 cm³/mol. The number of hydrogen-bond donors (Lipinski definition) is 0. The molecule has 4 nitrogen and oxygen atoms in total. The summed E-state index contributed by atoms with van der Waals surface area (Å²) in [6.07, 6.45) is 0. The number of rotatable bonds is 10. The molecule has 89 heavy (non-hydrogen) atoms. The molecule has 13 aromatic carbocycles. The molecule has 418 valence electrons. The first-order valence-corrected chi connectivity index (χ1v) is 30.4. The first-order valence-electron chi connectivity index (χ1n) is 30.4. The van der Waals surface area contributed by atoms with Crippen LogP contribution in [0.2, 0.25) is 0 Å². The van der Waals surface area contributed by atoms with E-state index in [2.05, 4.69) is 308 Å². The van der Waals surface area contributed by atoms with Crippen molar-refractivity contribution in [2.24, 2.45) is 0 Å². The van der Waals surface area contributed by atoms with E-state index in [1.807, 2.05) is 36.4 Å². The fourth-order valence-corrected chi connectivity index (χ4v) is 13.5. The smallest absolute Gasteiger partial charge is 0.252 e. The molecule has 15 rings (SSSR count). The third-order valence-electron chi connectivity index (χ3n) is 17.8. The lowest BCUT2D eigenvalue weighted by Gasteiger charge is -2.46. The molecule has 0 saturated carbocycles. The van der Waals surface area contributed by atoms with Crippen molar-refractivity contribution in [2.45, 2.75) is 26.2 Å². The van der Waals surface area contributed by atoms with Crippen LogP contribution in [0, 0.1) is 17.9 Å². The average molecular weight is 1140 g/mol. The van der Waals surface area contributed by atoms with Crippen LogP contribution in [-0.4, -0.2) is 6.71 Å². The Bertz CT molecular complexity index is 4520. The minimum Gasteiger partial charge on any atom is -0.310 e. The Morgan fingerprint density at radius 3 is 1.06 bits per heavy atom. The summed E-state index contributed by atoms with van der Waals surface area (Å²) in [7, 11) is 0. The van der Waals surface area contributed by atoms with Gasteiger partial charge in [-0.25, -0.2) is 4.85 Å². The number of fused-ring (bicyclic) bond motifs is 4. The second-order valence-electron chi connectivity index (χ2n) is 24.2. The summed E-state index contributed by atoms with van der Waals surface area (Å²) in [5, 5.41) is 10.3. The molecule has 0 saturated heterocycles. The molecular weight excluding hydrogens is 1080 g/mol. The van der Waals surface area contributed by atoms with Gasteiger partial charge in [-0.1, -0.05) is 257 Å². The summed E-state index contributed by atoms with van der Waals surface area (Å²) in [6.45, 7) is 14.9. The number of nitrogens with zero attached hydrogens (tertiary/aromatic N) is 4. The van der Waals surface area contributed by atoms with Gasteiger partial charge in [-0.15, -0.1) is 0 Å². The average Bonchev–Trinajstić information content (AvgIpc) is 0.698. The third kappa shape index (κ3) is 9.77. The second kappa shape index (κ2) is 22.4. The minimum absolute atomic E-state index is 0.247. The molecule has 0 aromatic heterocycles. The van der Waals surface area contributed by atoms with Crippen LogP contribution in [0.1, 0.15) is 31.9 Å². The van der Waals surface area contributed by atoms with Gasteiger partial charge in [0.05, 0.1) is 29.6 Å². The largest absolute Gasteiger partial charge is 0.310 e. The maximum atomic E-state index is 10.3. The van der Waals surface area contributed by atoms with Crippen LogP contribution < -0.4 is 26.2 Å². The minimum atomic E-state index is -0.324. The van der Waals surface area contributed by atoms with Crippen molar-refractivity contribution in [3.8, 4) is 95.1 Å². The van der Waals surface area contributed by atoms with Gasteiger partial charge >= 0.3 is 0 Å². The van der Waals surface area contributed by atoms with Gasteiger partial charge in [0.2, 0.25) is 0 Å². The molecule has 0 N–H and O–H groups in total. The monoisotopic (exact) mass is 1130 g/mol. The summed E-state index contributed by atoms with van der Waals surface area (Å²) in [4.78, 5) is 9.14. The fraction of sp³-hybridized carbons (Fsp3) is 0.0476. The van der Waals surface area contributed by atoms with Crippen molar-refractivity contribution in [3.63, 3.8) is 0 Å². The van der Waals surface area contributed by atoms with E-state index in [-0.39, 0.29) is 12.1 Å². The molecule has 0 amide bonds. The fourth-order valence-electron chi connectivity index (χ4n) is 13.5. The number of nitriles is 1. The molecule has 2 heterocycles. The van der Waals surface area contributed by atoms with Crippen molar-refractivity contribution >= 4 is 62.9 Å². The highest BCUT2D eigenvalue weighted by molar-refractivity contribution is 7.00. The van der Waals surface area contributed by atoms with Gasteiger partial charge in [0.25, 0.3) is 6.71 Å². The Hall–Kier alpha value is -11.5. The van der Waals surface area contributed by atoms with Crippen LogP contribution in [0.25, 0.3) is 93.9 Å². The predicted octanol–water partition coefficient (Wildman–Crippen LogP) is 20.8. The lowest BCUT2D eigenvalue weighted by Crippen LogP contribution is -2.61. The van der Waals surface area contributed by atoms with Crippen LogP contribution in [0.4, 0.5) is 39.8 Å². The lowest BCUT2D eigenvalue weighted by molar-refractivity contribution is 0.590. The van der Waals surface area contributed by atoms with E-state index >= 15 is 0 Å². The Morgan fingerprint density at radius 1 is 0.337 bits per heavy atom. The maximum absolute atomic E-state index is 10.3. The van der Waals surface area contributed by atoms with Gasteiger partial charge < -0.3 is 9.80 Å². The molecular formula is C84H59BN4. The topological polar surface area (TPSA) is 34.6 Å². The summed E-state index contributed by atoms with van der Waals surface area (Å²) in [5.41, 5.74) is 29.3. The molecule has 13 aromatic rings. The number of hydrogen-bond acceptors (Lipinski definition) is 3. The number of anilines is 6. The molecule has 0 radical (unpaired) electrons. The second-order valence-corrected chi connectivity index (χ2v) is 24.2. The molecule has 2 aliphatic rings. The lowest BCUT2D eigenvalue weighted by atomic mass is 9.33. The summed E-state index contributed by atoms with van der Waals surface area (Å²) in [6, 6.07) is 112. The molecule has 0 atom stereocenters. The van der Waals surface area contributed by atoms with Gasteiger partial charge in [0, 0.05) is 45.0 Å². The third-order valence-corrected chi connectivity index (χ3v) is 17.8.